The largest absolute Gasteiger partial charge is 0.573 e. The average Bonchev–Trinajstić information content (AvgIpc) is 2.72. The summed E-state index contributed by atoms with van der Waals surface area (Å²) >= 11 is 1.42. The normalized spacial score (nSPS) is 15.8. The number of ether oxygens (including phenoxy) is 1. The Morgan fingerprint density at radius 3 is 2.13 bits per heavy atom. The second kappa shape index (κ2) is 9.27. The van der Waals surface area contributed by atoms with E-state index in [1.807, 2.05) is 30.3 Å². The van der Waals surface area contributed by atoms with Gasteiger partial charge in [-0.05, 0) is 36.4 Å². The number of carbonyl (C=O) groups is 1. The highest BCUT2D eigenvalue weighted by molar-refractivity contribution is 8.00. The first-order valence-corrected chi connectivity index (χ1v) is 11.4. The average molecular weight is 460 g/mol. The van der Waals surface area contributed by atoms with Crippen molar-refractivity contribution in [2.45, 2.75) is 16.2 Å². The van der Waals surface area contributed by atoms with Crippen molar-refractivity contribution in [3.8, 4) is 5.75 Å². The van der Waals surface area contributed by atoms with E-state index < -0.39 is 22.1 Å². The SMILES string of the molecule is O=C(CSc1ccccc1)N1CCN(S(=O)(=O)c2ccc(OC(F)(F)F)cc2)CC1. The molecule has 6 nitrogen and oxygen atoms in total. The Morgan fingerprint density at radius 1 is 0.967 bits per heavy atom. The Morgan fingerprint density at radius 2 is 1.57 bits per heavy atom. The van der Waals surface area contributed by atoms with Gasteiger partial charge in [0.1, 0.15) is 5.75 Å². The molecule has 0 atom stereocenters. The van der Waals surface area contributed by atoms with Crippen LogP contribution in [-0.2, 0) is 14.8 Å². The fraction of sp³-hybridized carbons (Fsp3) is 0.316. The van der Waals surface area contributed by atoms with E-state index in [2.05, 4.69) is 4.74 Å². The predicted molar refractivity (Wildman–Crippen MR) is 106 cm³/mol. The van der Waals surface area contributed by atoms with Crippen LogP contribution in [-0.4, -0.2) is 61.8 Å². The summed E-state index contributed by atoms with van der Waals surface area (Å²) in [4.78, 5) is 14.8. The minimum Gasteiger partial charge on any atom is -0.406 e. The fourth-order valence-corrected chi connectivity index (χ4v) is 5.14. The van der Waals surface area contributed by atoms with Crippen molar-refractivity contribution >= 4 is 27.7 Å². The molecular formula is C19H19F3N2O4S2. The van der Waals surface area contributed by atoms with Crippen LogP contribution in [0.2, 0.25) is 0 Å². The molecule has 0 bridgehead atoms. The number of thioether (sulfide) groups is 1. The molecule has 1 heterocycles. The molecule has 1 aliphatic heterocycles. The van der Waals surface area contributed by atoms with Gasteiger partial charge in [-0.2, -0.15) is 4.31 Å². The van der Waals surface area contributed by atoms with Crippen LogP contribution >= 0.6 is 11.8 Å². The van der Waals surface area contributed by atoms with E-state index in [0.717, 1.165) is 29.2 Å². The third-order valence-corrected chi connectivity index (χ3v) is 7.30. The quantitative estimate of drug-likeness (QED) is 0.620. The van der Waals surface area contributed by atoms with Gasteiger partial charge in [0.05, 0.1) is 10.6 Å². The molecule has 0 aliphatic carbocycles. The number of hydrogen-bond donors (Lipinski definition) is 0. The zero-order valence-corrected chi connectivity index (χ0v) is 17.3. The molecule has 1 fully saturated rings. The molecule has 1 aliphatic rings. The highest BCUT2D eigenvalue weighted by atomic mass is 32.2. The fourth-order valence-electron chi connectivity index (χ4n) is 2.89. The number of carbonyl (C=O) groups excluding carboxylic acids is 1. The van der Waals surface area contributed by atoms with Crippen LogP contribution in [0.3, 0.4) is 0 Å². The molecule has 1 saturated heterocycles. The smallest absolute Gasteiger partial charge is 0.406 e. The molecule has 3 rings (SSSR count). The Hall–Kier alpha value is -2.24. The number of halogens is 3. The summed E-state index contributed by atoms with van der Waals surface area (Å²) in [5, 5.41) is 0. The number of sulfonamides is 1. The van der Waals surface area contributed by atoms with Gasteiger partial charge in [-0.3, -0.25) is 4.79 Å². The Balaban J connectivity index is 1.55. The Bertz CT molecular complexity index is 960. The lowest BCUT2D eigenvalue weighted by atomic mass is 10.3. The summed E-state index contributed by atoms with van der Waals surface area (Å²) in [5.41, 5.74) is 0. The van der Waals surface area contributed by atoms with Gasteiger partial charge in [-0.15, -0.1) is 24.9 Å². The van der Waals surface area contributed by atoms with Crippen LogP contribution in [0.25, 0.3) is 0 Å². The van der Waals surface area contributed by atoms with Gasteiger partial charge in [0.15, 0.2) is 0 Å². The standard InChI is InChI=1S/C19H19F3N2O4S2/c20-19(21,22)28-15-6-8-17(9-7-15)30(26,27)24-12-10-23(11-13-24)18(25)14-29-16-4-2-1-3-5-16/h1-9H,10-14H2. The molecule has 0 unspecified atom stereocenters. The lowest BCUT2D eigenvalue weighted by Gasteiger charge is -2.34. The summed E-state index contributed by atoms with van der Waals surface area (Å²) < 4.78 is 67.1. The van der Waals surface area contributed by atoms with Crippen molar-refractivity contribution in [3.63, 3.8) is 0 Å². The summed E-state index contributed by atoms with van der Waals surface area (Å²) in [6, 6.07) is 13.6. The van der Waals surface area contributed by atoms with Crippen molar-refractivity contribution < 1.29 is 31.1 Å². The van der Waals surface area contributed by atoms with Crippen LogP contribution < -0.4 is 4.74 Å². The minimum atomic E-state index is -4.85. The Kier molecular flexibility index (Phi) is 6.94. The zero-order chi connectivity index (χ0) is 21.8. The third-order valence-electron chi connectivity index (χ3n) is 4.39. The number of rotatable bonds is 6. The first-order valence-electron chi connectivity index (χ1n) is 8.97. The highest BCUT2D eigenvalue weighted by Crippen LogP contribution is 2.25. The molecule has 2 aromatic carbocycles. The molecule has 2 aromatic rings. The lowest BCUT2D eigenvalue weighted by Crippen LogP contribution is -2.50. The predicted octanol–water partition coefficient (Wildman–Crippen LogP) is 3.21. The van der Waals surface area contributed by atoms with Crippen LogP contribution in [0.15, 0.2) is 64.4 Å². The molecular weight excluding hydrogens is 441 g/mol. The molecule has 0 aromatic heterocycles. The number of benzene rings is 2. The van der Waals surface area contributed by atoms with E-state index >= 15 is 0 Å². The summed E-state index contributed by atoms with van der Waals surface area (Å²) in [6.45, 7) is 0.737. The number of nitrogens with zero attached hydrogens (tertiary/aromatic N) is 2. The summed E-state index contributed by atoms with van der Waals surface area (Å²) in [5.74, 6) is -0.306. The molecule has 11 heteroatoms. The first-order chi connectivity index (χ1) is 14.1. The maximum Gasteiger partial charge on any atom is 0.573 e. The zero-order valence-electron chi connectivity index (χ0n) is 15.7. The van der Waals surface area contributed by atoms with Crippen LogP contribution in [0.5, 0.6) is 5.75 Å². The van der Waals surface area contributed by atoms with E-state index in [4.69, 9.17) is 0 Å². The minimum absolute atomic E-state index is 0.0745. The maximum atomic E-state index is 12.7. The summed E-state index contributed by atoms with van der Waals surface area (Å²) in [7, 11) is -3.87. The van der Waals surface area contributed by atoms with Crippen molar-refractivity contribution in [2.24, 2.45) is 0 Å². The van der Waals surface area contributed by atoms with Crippen molar-refractivity contribution in [3.05, 3.63) is 54.6 Å². The van der Waals surface area contributed by atoms with Crippen molar-refractivity contribution in [1.82, 2.24) is 9.21 Å². The van der Waals surface area contributed by atoms with E-state index in [1.54, 1.807) is 4.90 Å². The van der Waals surface area contributed by atoms with Gasteiger partial charge >= 0.3 is 6.36 Å². The number of piperazine rings is 1. The molecule has 1 amide bonds. The maximum absolute atomic E-state index is 12.7. The van der Waals surface area contributed by atoms with Crippen LogP contribution in [0.1, 0.15) is 0 Å². The molecule has 0 radical (unpaired) electrons. The molecule has 162 valence electrons. The van der Waals surface area contributed by atoms with E-state index in [0.29, 0.717) is 0 Å². The monoisotopic (exact) mass is 460 g/mol. The van der Waals surface area contributed by atoms with Gasteiger partial charge in [-0.1, -0.05) is 18.2 Å². The second-order valence-electron chi connectivity index (χ2n) is 6.41. The van der Waals surface area contributed by atoms with Crippen LogP contribution in [0, 0.1) is 0 Å². The first kappa shape index (κ1) is 22.4. The number of amides is 1. The van der Waals surface area contributed by atoms with Crippen molar-refractivity contribution in [1.29, 1.82) is 0 Å². The van der Waals surface area contributed by atoms with Gasteiger partial charge in [0, 0.05) is 31.1 Å². The van der Waals surface area contributed by atoms with E-state index in [1.165, 1.54) is 16.1 Å². The van der Waals surface area contributed by atoms with Crippen molar-refractivity contribution in [2.75, 3.05) is 31.9 Å². The van der Waals surface area contributed by atoms with Gasteiger partial charge < -0.3 is 9.64 Å². The number of alkyl halides is 3. The van der Waals surface area contributed by atoms with E-state index in [-0.39, 0.29) is 42.7 Å². The Labute approximate surface area is 176 Å². The summed E-state index contributed by atoms with van der Waals surface area (Å²) in [6.07, 6.45) is -4.85. The molecule has 0 spiro atoms. The third kappa shape index (κ3) is 5.89. The van der Waals surface area contributed by atoms with Crippen LogP contribution in [0.4, 0.5) is 13.2 Å². The molecule has 0 N–H and O–H groups in total. The molecule has 0 saturated carbocycles. The highest BCUT2D eigenvalue weighted by Gasteiger charge is 2.32. The second-order valence-corrected chi connectivity index (χ2v) is 9.39. The van der Waals surface area contributed by atoms with E-state index in [9.17, 15) is 26.4 Å². The number of hydrogen-bond acceptors (Lipinski definition) is 5. The van der Waals surface area contributed by atoms with Gasteiger partial charge in [-0.25, -0.2) is 8.42 Å². The molecule has 30 heavy (non-hydrogen) atoms. The van der Waals surface area contributed by atoms with Gasteiger partial charge in [0.2, 0.25) is 15.9 Å². The topological polar surface area (TPSA) is 66.9 Å². The van der Waals surface area contributed by atoms with Gasteiger partial charge in [0.25, 0.3) is 0 Å². The lowest BCUT2D eigenvalue weighted by molar-refractivity contribution is -0.274.